The van der Waals surface area contributed by atoms with E-state index in [1.165, 1.54) is 5.57 Å². The number of carbonyl (C=O) groups is 1. The fourth-order valence-electron chi connectivity index (χ4n) is 7.23. The Labute approximate surface area is 147 Å². The quantitative estimate of drug-likeness (QED) is 0.714. The van der Waals surface area contributed by atoms with Gasteiger partial charge in [-0.15, -0.1) is 0 Å². The summed E-state index contributed by atoms with van der Waals surface area (Å²) in [5, 5.41) is 21.1. The van der Waals surface area contributed by atoms with E-state index in [9.17, 15) is 15.0 Å². The molecular formula is C20H26O5. The SMILES string of the molecule is C[C@@H]1C[C@H]2[C@@H]3CCC4=COC=C[C@]4(C)C34OC4C[C@]2(C)[C@@]1(O)C(=O)O. The molecular weight excluding hydrogens is 320 g/mol. The highest BCUT2D eigenvalue weighted by atomic mass is 16.6. The van der Waals surface area contributed by atoms with Crippen molar-refractivity contribution in [2.75, 3.05) is 0 Å². The second-order valence-electron chi connectivity index (χ2n) is 9.27. The molecule has 5 nitrogen and oxygen atoms in total. The maximum absolute atomic E-state index is 12.0. The molecule has 0 amide bonds. The fraction of sp³-hybridized carbons (Fsp3) is 0.750. The van der Waals surface area contributed by atoms with Gasteiger partial charge < -0.3 is 19.7 Å². The van der Waals surface area contributed by atoms with E-state index in [4.69, 9.17) is 9.47 Å². The van der Waals surface area contributed by atoms with Gasteiger partial charge in [0.1, 0.15) is 5.60 Å². The summed E-state index contributed by atoms with van der Waals surface area (Å²) in [5.74, 6) is -0.884. The van der Waals surface area contributed by atoms with Crippen LogP contribution in [0.2, 0.25) is 0 Å². The molecule has 5 heteroatoms. The molecule has 25 heavy (non-hydrogen) atoms. The van der Waals surface area contributed by atoms with Gasteiger partial charge >= 0.3 is 5.97 Å². The molecule has 2 aliphatic heterocycles. The maximum Gasteiger partial charge on any atom is 0.336 e. The van der Waals surface area contributed by atoms with Crippen LogP contribution in [0.15, 0.2) is 24.2 Å². The van der Waals surface area contributed by atoms with E-state index >= 15 is 0 Å². The van der Waals surface area contributed by atoms with E-state index < -0.39 is 17.0 Å². The number of hydrogen-bond donors (Lipinski definition) is 2. The molecule has 3 saturated carbocycles. The summed E-state index contributed by atoms with van der Waals surface area (Å²) in [7, 11) is 0. The van der Waals surface area contributed by atoms with Crippen LogP contribution in [-0.4, -0.2) is 33.5 Å². The van der Waals surface area contributed by atoms with Gasteiger partial charge in [0.2, 0.25) is 0 Å². The predicted molar refractivity (Wildman–Crippen MR) is 89.3 cm³/mol. The molecule has 0 aromatic heterocycles. The van der Waals surface area contributed by atoms with Gasteiger partial charge in [0.15, 0.2) is 5.60 Å². The number of carboxylic acid groups (broad SMARTS) is 1. The molecule has 5 rings (SSSR count). The molecule has 0 radical (unpaired) electrons. The van der Waals surface area contributed by atoms with Crippen LogP contribution in [0.5, 0.6) is 0 Å². The number of aliphatic hydroxyl groups is 1. The normalized spacial score (nSPS) is 58.2. The van der Waals surface area contributed by atoms with E-state index in [2.05, 4.69) is 13.0 Å². The van der Waals surface area contributed by atoms with Crippen molar-refractivity contribution in [3.63, 3.8) is 0 Å². The smallest absolute Gasteiger partial charge is 0.336 e. The molecule has 3 aliphatic carbocycles. The van der Waals surface area contributed by atoms with Crippen LogP contribution in [0.25, 0.3) is 0 Å². The highest BCUT2D eigenvalue weighted by Crippen LogP contribution is 2.76. The van der Waals surface area contributed by atoms with Crippen LogP contribution >= 0.6 is 0 Å². The molecule has 0 aromatic rings. The number of hydrogen-bond acceptors (Lipinski definition) is 4. The first kappa shape index (κ1) is 15.9. The summed E-state index contributed by atoms with van der Waals surface area (Å²) in [6.45, 7) is 6.10. The van der Waals surface area contributed by atoms with E-state index in [0.29, 0.717) is 6.42 Å². The molecule has 0 bridgehead atoms. The summed E-state index contributed by atoms with van der Waals surface area (Å²) in [6.07, 6.45) is 9.01. The number of epoxide rings is 1. The predicted octanol–water partition coefficient (Wildman–Crippen LogP) is 2.85. The van der Waals surface area contributed by atoms with Crippen molar-refractivity contribution in [2.45, 2.75) is 63.8 Å². The van der Waals surface area contributed by atoms with Crippen molar-refractivity contribution < 1.29 is 24.5 Å². The minimum absolute atomic E-state index is 0.00590. The molecule has 2 N–H and O–H groups in total. The molecule has 5 aliphatic rings. The summed E-state index contributed by atoms with van der Waals surface area (Å²) in [4.78, 5) is 12.0. The zero-order valence-corrected chi connectivity index (χ0v) is 15.0. The van der Waals surface area contributed by atoms with E-state index in [1.54, 1.807) is 6.26 Å². The molecule has 2 heterocycles. The zero-order valence-electron chi connectivity index (χ0n) is 15.0. The van der Waals surface area contributed by atoms with Crippen molar-refractivity contribution in [1.82, 2.24) is 0 Å². The zero-order chi connectivity index (χ0) is 17.8. The van der Waals surface area contributed by atoms with Crippen LogP contribution in [0.4, 0.5) is 0 Å². The fourth-order valence-corrected chi connectivity index (χ4v) is 7.23. The van der Waals surface area contributed by atoms with Crippen molar-refractivity contribution in [3.8, 4) is 0 Å². The summed E-state index contributed by atoms with van der Waals surface area (Å²) in [6, 6.07) is 0. The first-order valence-electron chi connectivity index (χ1n) is 9.38. The summed E-state index contributed by atoms with van der Waals surface area (Å²) < 4.78 is 11.8. The van der Waals surface area contributed by atoms with Crippen LogP contribution < -0.4 is 0 Å². The third kappa shape index (κ3) is 1.45. The molecule has 2 unspecified atom stereocenters. The Morgan fingerprint density at radius 2 is 2.08 bits per heavy atom. The van der Waals surface area contributed by atoms with Crippen molar-refractivity contribution >= 4 is 5.97 Å². The molecule has 1 spiro atoms. The van der Waals surface area contributed by atoms with Crippen molar-refractivity contribution in [3.05, 3.63) is 24.2 Å². The lowest BCUT2D eigenvalue weighted by Gasteiger charge is -2.55. The van der Waals surface area contributed by atoms with Crippen LogP contribution in [-0.2, 0) is 14.3 Å². The molecule has 8 atom stereocenters. The Morgan fingerprint density at radius 1 is 1.32 bits per heavy atom. The second-order valence-corrected chi connectivity index (χ2v) is 9.27. The summed E-state index contributed by atoms with van der Waals surface area (Å²) in [5.41, 5.74) is -1.48. The average Bonchev–Trinajstić information content (AvgIpc) is 3.24. The van der Waals surface area contributed by atoms with Gasteiger partial charge in [-0.3, -0.25) is 0 Å². The van der Waals surface area contributed by atoms with Gasteiger partial charge in [0.05, 0.1) is 18.6 Å². The first-order chi connectivity index (χ1) is 11.7. The molecule has 136 valence electrons. The lowest BCUT2D eigenvalue weighted by Crippen LogP contribution is -2.61. The molecule has 0 aromatic carbocycles. The number of fused-ring (bicyclic) bond motifs is 3. The Kier molecular flexibility index (Phi) is 2.74. The van der Waals surface area contributed by atoms with Gasteiger partial charge in [-0.2, -0.15) is 0 Å². The van der Waals surface area contributed by atoms with Gasteiger partial charge in [0.25, 0.3) is 0 Å². The number of ether oxygens (including phenoxy) is 2. The van der Waals surface area contributed by atoms with Gasteiger partial charge in [-0.1, -0.05) is 13.8 Å². The lowest BCUT2D eigenvalue weighted by atomic mass is 9.47. The second kappa shape index (κ2) is 4.32. The third-order valence-corrected chi connectivity index (χ3v) is 8.63. The minimum atomic E-state index is -1.67. The van der Waals surface area contributed by atoms with Crippen molar-refractivity contribution in [2.24, 2.45) is 28.6 Å². The van der Waals surface area contributed by atoms with Gasteiger partial charge in [-0.05, 0) is 62.0 Å². The van der Waals surface area contributed by atoms with Crippen LogP contribution in [0.3, 0.4) is 0 Å². The highest BCUT2D eigenvalue weighted by molar-refractivity contribution is 5.80. The van der Waals surface area contributed by atoms with E-state index in [1.807, 2.05) is 20.1 Å². The maximum atomic E-state index is 12.0. The Balaban J connectivity index is 1.62. The highest BCUT2D eigenvalue weighted by Gasteiger charge is 2.82. The van der Waals surface area contributed by atoms with E-state index in [-0.39, 0.29) is 34.9 Å². The number of rotatable bonds is 1. The monoisotopic (exact) mass is 346 g/mol. The molecule has 4 fully saturated rings. The number of aliphatic carboxylic acids is 1. The number of carboxylic acids is 1. The summed E-state index contributed by atoms with van der Waals surface area (Å²) >= 11 is 0. The third-order valence-electron chi connectivity index (χ3n) is 8.63. The minimum Gasteiger partial charge on any atom is -0.479 e. The average molecular weight is 346 g/mol. The lowest BCUT2D eigenvalue weighted by molar-refractivity contribution is -0.183. The van der Waals surface area contributed by atoms with Gasteiger partial charge in [0, 0.05) is 10.8 Å². The van der Waals surface area contributed by atoms with Crippen molar-refractivity contribution in [1.29, 1.82) is 0 Å². The van der Waals surface area contributed by atoms with E-state index in [0.717, 1.165) is 19.3 Å². The largest absolute Gasteiger partial charge is 0.479 e. The molecule has 1 saturated heterocycles. The van der Waals surface area contributed by atoms with Crippen LogP contribution in [0.1, 0.15) is 46.5 Å². The first-order valence-corrected chi connectivity index (χ1v) is 9.38. The topological polar surface area (TPSA) is 79.3 Å². The standard InChI is InChI=1S/C20H26O5/c1-11-8-14-13-5-4-12-10-24-7-6-17(12,2)20(13)15(25-20)9-18(14,3)19(11,23)16(21)22/h6-7,10-11,13-15,23H,4-5,8-9H2,1-3H3,(H,21,22)/t11-,13+,14+,15?,17+,18+,19+,20?/m1/s1. The van der Waals surface area contributed by atoms with Gasteiger partial charge in [-0.25, -0.2) is 4.79 Å². The Morgan fingerprint density at radius 3 is 2.80 bits per heavy atom. The van der Waals surface area contributed by atoms with Crippen LogP contribution in [0, 0.1) is 28.6 Å². The Hall–Kier alpha value is -1.33. The Bertz CT molecular complexity index is 728.